The number of anilines is 1. The third-order valence-electron chi connectivity index (χ3n) is 4.36. The van der Waals surface area contributed by atoms with Crippen LogP contribution in [0.15, 0.2) is 46.9 Å². The maximum absolute atomic E-state index is 14.5. The number of hydrogen-bond donors (Lipinski definition) is 1. The fraction of sp³-hybridized carbons (Fsp3) is 0.235. The minimum atomic E-state index is -0.306. The van der Waals surface area contributed by atoms with Crippen LogP contribution in [0.5, 0.6) is 5.75 Å². The lowest BCUT2D eigenvalue weighted by Gasteiger charge is -2.31. The number of methoxy groups -OCH3 is 1. The van der Waals surface area contributed by atoms with Crippen molar-refractivity contribution in [3.8, 4) is 5.75 Å². The fourth-order valence-electron chi connectivity index (χ4n) is 3.14. The van der Waals surface area contributed by atoms with Crippen LogP contribution in [0.25, 0.3) is 0 Å². The van der Waals surface area contributed by atoms with Crippen molar-refractivity contribution in [3.05, 3.63) is 63.9 Å². The summed E-state index contributed by atoms with van der Waals surface area (Å²) in [6.45, 7) is 0. The molecular weight excluding hydrogens is 389 g/mol. The number of hydrogen-bond acceptors (Lipinski definition) is 5. The van der Waals surface area contributed by atoms with Crippen LogP contribution in [-0.4, -0.2) is 27.3 Å². The molecule has 1 aliphatic heterocycles. The van der Waals surface area contributed by atoms with Gasteiger partial charge < -0.3 is 10.1 Å². The van der Waals surface area contributed by atoms with Crippen LogP contribution < -0.4 is 10.1 Å². The SMILES string of the molecule is COc1cccc(C2CC(c3cc(Br)ccc3F)n3nnnc3N2)c1. The van der Waals surface area contributed by atoms with Crippen molar-refractivity contribution in [3.63, 3.8) is 0 Å². The Hall–Kier alpha value is -2.48. The van der Waals surface area contributed by atoms with Crippen LogP contribution in [0.2, 0.25) is 0 Å². The molecule has 2 atom stereocenters. The van der Waals surface area contributed by atoms with Gasteiger partial charge in [0, 0.05) is 10.0 Å². The molecule has 0 amide bonds. The lowest BCUT2D eigenvalue weighted by molar-refractivity contribution is 0.402. The molecule has 0 radical (unpaired) electrons. The molecule has 1 aliphatic rings. The van der Waals surface area contributed by atoms with Crippen molar-refractivity contribution in [1.82, 2.24) is 20.2 Å². The molecule has 2 unspecified atom stereocenters. The van der Waals surface area contributed by atoms with E-state index in [0.717, 1.165) is 15.8 Å². The van der Waals surface area contributed by atoms with Gasteiger partial charge in [-0.15, -0.1) is 0 Å². The summed E-state index contributed by atoms with van der Waals surface area (Å²) in [5.41, 5.74) is 1.59. The van der Waals surface area contributed by atoms with Crippen LogP contribution in [0.3, 0.4) is 0 Å². The normalized spacial score (nSPS) is 19.2. The Bertz CT molecular complexity index is 916. The first-order chi connectivity index (χ1) is 12.2. The zero-order chi connectivity index (χ0) is 17.4. The molecule has 3 aromatic rings. The van der Waals surface area contributed by atoms with Gasteiger partial charge in [-0.05, 0) is 52.7 Å². The highest BCUT2D eigenvalue weighted by atomic mass is 79.9. The molecule has 25 heavy (non-hydrogen) atoms. The van der Waals surface area contributed by atoms with Crippen molar-refractivity contribution in [2.45, 2.75) is 18.5 Å². The lowest BCUT2D eigenvalue weighted by atomic mass is 9.93. The molecule has 8 heteroatoms. The number of tetrazole rings is 1. The maximum Gasteiger partial charge on any atom is 0.243 e. The summed E-state index contributed by atoms with van der Waals surface area (Å²) in [5, 5.41) is 15.1. The van der Waals surface area contributed by atoms with Gasteiger partial charge in [-0.2, -0.15) is 0 Å². The number of halogens is 2. The van der Waals surface area contributed by atoms with Crippen LogP contribution in [0, 0.1) is 5.82 Å². The van der Waals surface area contributed by atoms with E-state index in [1.54, 1.807) is 23.9 Å². The predicted molar refractivity (Wildman–Crippen MR) is 94.0 cm³/mol. The summed E-state index contributed by atoms with van der Waals surface area (Å²) in [4.78, 5) is 0. The molecular formula is C17H15BrFN5O. The van der Waals surface area contributed by atoms with Crippen molar-refractivity contribution in [1.29, 1.82) is 0 Å². The molecule has 0 spiro atoms. The van der Waals surface area contributed by atoms with Gasteiger partial charge in [-0.25, -0.2) is 9.07 Å². The Morgan fingerprint density at radius 2 is 2.16 bits per heavy atom. The molecule has 0 saturated carbocycles. The number of nitrogens with one attached hydrogen (secondary N) is 1. The topological polar surface area (TPSA) is 64.9 Å². The van der Waals surface area contributed by atoms with Gasteiger partial charge in [-0.1, -0.05) is 33.2 Å². The zero-order valence-corrected chi connectivity index (χ0v) is 14.9. The number of rotatable bonds is 3. The van der Waals surface area contributed by atoms with Gasteiger partial charge in [0.25, 0.3) is 0 Å². The van der Waals surface area contributed by atoms with Crippen LogP contribution >= 0.6 is 15.9 Å². The predicted octanol–water partition coefficient (Wildman–Crippen LogP) is 3.73. The molecule has 1 aromatic heterocycles. The van der Waals surface area contributed by atoms with Crippen LogP contribution in [0.1, 0.15) is 29.6 Å². The third kappa shape index (κ3) is 2.97. The molecule has 128 valence electrons. The molecule has 2 heterocycles. The molecule has 0 fully saturated rings. The van der Waals surface area contributed by atoms with E-state index >= 15 is 0 Å². The van der Waals surface area contributed by atoms with E-state index in [1.165, 1.54) is 6.07 Å². The average Bonchev–Trinajstić information content (AvgIpc) is 3.11. The van der Waals surface area contributed by atoms with Gasteiger partial charge in [0.1, 0.15) is 11.6 Å². The Labute approximate surface area is 152 Å². The van der Waals surface area contributed by atoms with E-state index in [9.17, 15) is 4.39 Å². The van der Waals surface area contributed by atoms with E-state index in [0.29, 0.717) is 17.9 Å². The molecule has 6 nitrogen and oxygen atoms in total. The van der Waals surface area contributed by atoms with Crippen molar-refractivity contribution < 1.29 is 9.13 Å². The lowest BCUT2D eigenvalue weighted by Crippen LogP contribution is -2.28. The van der Waals surface area contributed by atoms with Gasteiger partial charge in [-0.3, -0.25) is 0 Å². The number of fused-ring (bicyclic) bond motifs is 1. The first-order valence-corrected chi connectivity index (χ1v) is 8.58. The molecule has 0 saturated heterocycles. The molecule has 1 N–H and O–H groups in total. The minimum Gasteiger partial charge on any atom is -0.497 e. The zero-order valence-electron chi connectivity index (χ0n) is 13.4. The molecule has 0 bridgehead atoms. The Balaban J connectivity index is 1.76. The fourth-order valence-corrected chi connectivity index (χ4v) is 3.52. The van der Waals surface area contributed by atoms with Crippen molar-refractivity contribution >= 4 is 21.9 Å². The van der Waals surface area contributed by atoms with E-state index in [2.05, 4.69) is 36.8 Å². The Kier molecular flexibility index (Phi) is 4.12. The monoisotopic (exact) mass is 403 g/mol. The highest BCUT2D eigenvalue weighted by Gasteiger charge is 2.32. The van der Waals surface area contributed by atoms with Crippen LogP contribution in [0.4, 0.5) is 10.3 Å². The van der Waals surface area contributed by atoms with Crippen molar-refractivity contribution in [2.75, 3.05) is 12.4 Å². The van der Waals surface area contributed by atoms with Crippen LogP contribution in [-0.2, 0) is 0 Å². The molecule has 0 aliphatic carbocycles. The Morgan fingerprint density at radius 1 is 1.28 bits per heavy atom. The second kappa shape index (κ2) is 6.44. The summed E-state index contributed by atoms with van der Waals surface area (Å²) in [6, 6.07) is 12.3. The summed E-state index contributed by atoms with van der Waals surface area (Å²) in [6.07, 6.45) is 0.610. The third-order valence-corrected chi connectivity index (χ3v) is 4.86. The number of ether oxygens (including phenoxy) is 1. The van der Waals surface area contributed by atoms with Gasteiger partial charge in [0.15, 0.2) is 0 Å². The average molecular weight is 404 g/mol. The van der Waals surface area contributed by atoms with Crippen molar-refractivity contribution in [2.24, 2.45) is 0 Å². The quantitative estimate of drug-likeness (QED) is 0.721. The summed E-state index contributed by atoms with van der Waals surface area (Å²) >= 11 is 3.41. The number of aromatic nitrogens is 4. The Morgan fingerprint density at radius 3 is 3.00 bits per heavy atom. The minimum absolute atomic E-state index is 0.0584. The highest BCUT2D eigenvalue weighted by Crippen LogP contribution is 2.39. The van der Waals surface area contributed by atoms with Gasteiger partial charge in [0.2, 0.25) is 5.95 Å². The van der Waals surface area contributed by atoms with E-state index in [4.69, 9.17) is 4.74 Å². The first kappa shape index (κ1) is 16.0. The highest BCUT2D eigenvalue weighted by molar-refractivity contribution is 9.10. The number of benzene rings is 2. The summed E-state index contributed by atoms with van der Waals surface area (Å²) in [7, 11) is 1.63. The van der Waals surface area contributed by atoms with E-state index in [-0.39, 0.29) is 17.9 Å². The standard InChI is InChI=1S/C17H15BrFN5O/c1-25-12-4-2-3-10(7-12)15-9-16(24-17(20-15)21-22-23-24)13-8-11(18)5-6-14(13)19/h2-8,15-16H,9H2,1H3,(H,20,21,23). The second-order valence-corrected chi connectivity index (χ2v) is 6.75. The second-order valence-electron chi connectivity index (χ2n) is 5.84. The smallest absolute Gasteiger partial charge is 0.243 e. The largest absolute Gasteiger partial charge is 0.497 e. The molecule has 2 aromatic carbocycles. The van der Waals surface area contributed by atoms with E-state index < -0.39 is 0 Å². The van der Waals surface area contributed by atoms with Gasteiger partial charge in [0.05, 0.1) is 19.2 Å². The maximum atomic E-state index is 14.5. The number of nitrogens with zero attached hydrogens (tertiary/aromatic N) is 4. The summed E-state index contributed by atoms with van der Waals surface area (Å²) < 4.78 is 22.2. The van der Waals surface area contributed by atoms with Gasteiger partial charge >= 0.3 is 0 Å². The first-order valence-electron chi connectivity index (χ1n) is 7.79. The molecule has 4 rings (SSSR count). The summed E-state index contributed by atoms with van der Waals surface area (Å²) in [5.74, 6) is 1.01. The van der Waals surface area contributed by atoms with E-state index in [1.807, 2.05) is 24.3 Å².